The van der Waals surface area contributed by atoms with Crippen molar-refractivity contribution in [3.63, 3.8) is 0 Å². The van der Waals surface area contributed by atoms with Gasteiger partial charge in [-0.1, -0.05) is 54.6 Å². The lowest BCUT2D eigenvalue weighted by molar-refractivity contribution is -0.384. The molecule has 0 unspecified atom stereocenters. The summed E-state index contributed by atoms with van der Waals surface area (Å²) < 4.78 is 4.50. The maximum atomic E-state index is 11.2. The number of non-ortho nitro benzene ring substituents is 1. The fourth-order valence-corrected chi connectivity index (χ4v) is 5.29. The molecule has 0 radical (unpaired) electrons. The van der Waals surface area contributed by atoms with Crippen LogP contribution in [-0.2, 0) is 0 Å². The van der Waals surface area contributed by atoms with Gasteiger partial charge in [-0.05, 0) is 48.5 Å². The molecule has 5 heteroatoms. The summed E-state index contributed by atoms with van der Waals surface area (Å²) in [6.07, 6.45) is 0. The van der Waals surface area contributed by atoms with Gasteiger partial charge in [-0.3, -0.25) is 10.1 Å². The summed E-state index contributed by atoms with van der Waals surface area (Å²) in [5, 5.41) is 15.9. The molecule has 0 atom stereocenters. The van der Waals surface area contributed by atoms with Crippen molar-refractivity contribution in [2.75, 3.05) is 0 Å². The fourth-order valence-electron chi connectivity index (χ4n) is 5.29. The monoisotopic (exact) mass is 453 g/mol. The van der Waals surface area contributed by atoms with Gasteiger partial charge in [-0.25, -0.2) is 0 Å². The van der Waals surface area contributed by atoms with E-state index in [9.17, 15) is 10.1 Å². The van der Waals surface area contributed by atoms with Crippen LogP contribution in [-0.4, -0.2) is 14.1 Å². The number of rotatable bonds is 3. The van der Waals surface area contributed by atoms with Crippen LogP contribution in [0.1, 0.15) is 0 Å². The molecule has 166 valence electrons. The minimum absolute atomic E-state index is 0.0844. The summed E-state index contributed by atoms with van der Waals surface area (Å²) in [4.78, 5) is 10.9. The molecule has 0 fully saturated rings. The first-order valence-electron chi connectivity index (χ1n) is 11.5. The third-order valence-corrected chi connectivity index (χ3v) is 6.80. The van der Waals surface area contributed by atoms with Crippen LogP contribution >= 0.6 is 0 Å². The number of aromatic nitrogens is 2. The predicted octanol–water partition coefficient (Wildman–Crippen LogP) is 7.79. The minimum atomic E-state index is -0.364. The van der Waals surface area contributed by atoms with Gasteiger partial charge in [0.1, 0.15) is 0 Å². The van der Waals surface area contributed by atoms with E-state index >= 15 is 0 Å². The average Bonchev–Trinajstić information content (AvgIpc) is 3.40. The molecule has 5 nitrogen and oxygen atoms in total. The van der Waals surface area contributed by atoms with E-state index in [-0.39, 0.29) is 10.6 Å². The Bertz CT molecular complexity index is 1910. The zero-order valence-electron chi connectivity index (χ0n) is 18.6. The second kappa shape index (κ2) is 7.30. The molecule has 0 saturated carbocycles. The second-order valence-electron chi connectivity index (χ2n) is 8.70. The molecule has 0 spiro atoms. The Hall–Kier alpha value is -4.90. The maximum absolute atomic E-state index is 11.2. The Kier molecular flexibility index (Phi) is 4.08. The number of nitrogens with zero attached hydrogens (tertiary/aromatic N) is 3. The van der Waals surface area contributed by atoms with Gasteiger partial charge in [0.15, 0.2) is 0 Å². The predicted molar refractivity (Wildman–Crippen MR) is 142 cm³/mol. The van der Waals surface area contributed by atoms with Gasteiger partial charge >= 0.3 is 0 Å². The standard InChI is InChI=1S/C30H19N3O2/c34-33(35)22-16-14-21(15-17-22)32-28-13-7-5-11-24(28)26-18-25-23-10-4-6-12-27(23)31(29(25)19-30(26)32)20-8-2-1-3-9-20/h1-19H. The Balaban J connectivity index is 1.64. The van der Waals surface area contributed by atoms with Gasteiger partial charge in [-0.15, -0.1) is 0 Å². The highest BCUT2D eigenvalue weighted by atomic mass is 16.6. The number of hydrogen-bond acceptors (Lipinski definition) is 2. The number of benzene rings is 5. The molecule has 0 saturated heterocycles. The molecule has 7 rings (SSSR count). The van der Waals surface area contributed by atoms with Gasteiger partial charge in [-0.2, -0.15) is 0 Å². The van der Waals surface area contributed by atoms with Crippen molar-refractivity contribution in [2.24, 2.45) is 0 Å². The van der Waals surface area contributed by atoms with Gasteiger partial charge in [0.05, 0.1) is 27.0 Å². The van der Waals surface area contributed by atoms with E-state index in [1.807, 2.05) is 24.3 Å². The molecule has 0 N–H and O–H groups in total. The van der Waals surface area contributed by atoms with Crippen molar-refractivity contribution in [1.82, 2.24) is 9.13 Å². The number of nitro groups is 1. The number of nitro benzene ring substituents is 1. The molecule has 7 aromatic rings. The van der Waals surface area contributed by atoms with E-state index in [2.05, 4.69) is 88.0 Å². The lowest BCUT2D eigenvalue weighted by Gasteiger charge is -2.10. The third-order valence-electron chi connectivity index (χ3n) is 6.80. The van der Waals surface area contributed by atoms with E-state index < -0.39 is 0 Å². The topological polar surface area (TPSA) is 53.0 Å². The van der Waals surface area contributed by atoms with Gasteiger partial charge < -0.3 is 9.13 Å². The first-order valence-corrected chi connectivity index (χ1v) is 11.5. The zero-order chi connectivity index (χ0) is 23.5. The zero-order valence-corrected chi connectivity index (χ0v) is 18.6. The molecule has 2 heterocycles. The smallest absolute Gasteiger partial charge is 0.269 e. The van der Waals surface area contributed by atoms with Crippen molar-refractivity contribution < 1.29 is 4.92 Å². The van der Waals surface area contributed by atoms with Crippen LogP contribution in [0.2, 0.25) is 0 Å². The Labute approximate surface area is 200 Å². The highest BCUT2D eigenvalue weighted by Crippen LogP contribution is 2.39. The Morgan fingerprint density at radius 3 is 1.51 bits per heavy atom. The van der Waals surface area contributed by atoms with Crippen LogP contribution in [0.5, 0.6) is 0 Å². The molecule has 0 aliphatic carbocycles. The second-order valence-corrected chi connectivity index (χ2v) is 8.70. The quantitative estimate of drug-likeness (QED) is 0.202. The number of para-hydroxylation sites is 3. The van der Waals surface area contributed by atoms with Crippen LogP contribution in [0.25, 0.3) is 55.0 Å². The normalized spacial score (nSPS) is 11.7. The maximum Gasteiger partial charge on any atom is 0.269 e. The molecule has 35 heavy (non-hydrogen) atoms. The third kappa shape index (κ3) is 2.82. The summed E-state index contributed by atoms with van der Waals surface area (Å²) in [7, 11) is 0. The molecular formula is C30H19N3O2. The average molecular weight is 454 g/mol. The fraction of sp³-hybridized carbons (Fsp3) is 0. The van der Waals surface area contributed by atoms with E-state index in [1.54, 1.807) is 12.1 Å². The summed E-state index contributed by atoms with van der Waals surface area (Å²) in [6.45, 7) is 0. The van der Waals surface area contributed by atoms with Crippen LogP contribution in [0.3, 0.4) is 0 Å². The van der Waals surface area contributed by atoms with Crippen LogP contribution in [0.15, 0.2) is 115 Å². The summed E-state index contributed by atoms with van der Waals surface area (Å²) >= 11 is 0. The number of hydrogen-bond donors (Lipinski definition) is 0. The van der Waals surface area contributed by atoms with Crippen LogP contribution in [0, 0.1) is 10.1 Å². The highest BCUT2D eigenvalue weighted by Gasteiger charge is 2.18. The SMILES string of the molecule is O=[N+]([O-])c1ccc(-n2c3ccccc3c3cc4c5ccccc5n(-c5ccccc5)c4cc32)cc1. The van der Waals surface area contributed by atoms with Gasteiger partial charge in [0, 0.05) is 45.1 Å². The van der Waals surface area contributed by atoms with Crippen LogP contribution < -0.4 is 0 Å². The first-order chi connectivity index (χ1) is 17.2. The van der Waals surface area contributed by atoms with Crippen molar-refractivity contribution in [2.45, 2.75) is 0 Å². The summed E-state index contributed by atoms with van der Waals surface area (Å²) in [6, 6.07) is 38.5. The lowest BCUT2D eigenvalue weighted by Crippen LogP contribution is -1.96. The summed E-state index contributed by atoms with van der Waals surface area (Å²) in [5.41, 5.74) is 6.50. The number of fused-ring (bicyclic) bond motifs is 6. The Morgan fingerprint density at radius 1 is 0.486 bits per heavy atom. The lowest BCUT2D eigenvalue weighted by atomic mass is 10.1. The largest absolute Gasteiger partial charge is 0.309 e. The van der Waals surface area contributed by atoms with E-state index in [4.69, 9.17) is 0 Å². The molecule has 5 aromatic carbocycles. The highest BCUT2D eigenvalue weighted by molar-refractivity contribution is 6.19. The van der Waals surface area contributed by atoms with E-state index in [0.717, 1.165) is 44.2 Å². The summed E-state index contributed by atoms with van der Waals surface area (Å²) in [5.74, 6) is 0. The van der Waals surface area contributed by atoms with Gasteiger partial charge in [0.2, 0.25) is 0 Å². The molecule has 0 aliphatic rings. The molecular weight excluding hydrogens is 434 g/mol. The minimum Gasteiger partial charge on any atom is -0.309 e. The van der Waals surface area contributed by atoms with E-state index in [1.165, 1.54) is 10.8 Å². The van der Waals surface area contributed by atoms with Crippen molar-refractivity contribution in [1.29, 1.82) is 0 Å². The van der Waals surface area contributed by atoms with Gasteiger partial charge in [0.25, 0.3) is 5.69 Å². The Morgan fingerprint density at radius 2 is 0.971 bits per heavy atom. The van der Waals surface area contributed by atoms with E-state index in [0.29, 0.717) is 0 Å². The molecule has 0 amide bonds. The molecule has 0 bridgehead atoms. The molecule has 2 aromatic heterocycles. The van der Waals surface area contributed by atoms with Crippen molar-refractivity contribution in [3.05, 3.63) is 125 Å². The van der Waals surface area contributed by atoms with Crippen molar-refractivity contribution >= 4 is 49.3 Å². The van der Waals surface area contributed by atoms with Crippen molar-refractivity contribution in [3.8, 4) is 11.4 Å². The molecule has 0 aliphatic heterocycles. The first kappa shape index (κ1) is 19.6. The van der Waals surface area contributed by atoms with Crippen LogP contribution in [0.4, 0.5) is 5.69 Å².